The zero-order valence-corrected chi connectivity index (χ0v) is 20.8. The lowest BCUT2D eigenvalue weighted by Gasteiger charge is -2.34. The minimum Gasteiger partial charge on any atom is -0.339 e. The van der Waals surface area contributed by atoms with E-state index in [1.54, 1.807) is 4.90 Å². The molecule has 0 atom stereocenters. The van der Waals surface area contributed by atoms with Crippen LogP contribution >= 0.6 is 11.8 Å². The summed E-state index contributed by atoms with van der Waals surface area (Å²) in [5.74, 6) is -0.522. The highest BCUT2D eigenvalue weighted by Crippen LogP contribution is 2.34. The topological polar surface area (TPSA) is 75.5 Å². The molecule has 2 aromatic rings. The number of hydrogen-bond acceptors (Lipinski definition) is 5. The monoisotopic (exact) mass is 494 g/mol. The van der Waals surface area contributed by atoms with Crippen molar-refractivity contribution in [2.45, 2.75) is 62.0 Å². The number of sulfonamides is 1. The van der Waals surface area contributed by atoms with Crippen LogP contribution in [0.4, 0.5) is 4.39 Å². The molecule has 1 aliphatic heterocycles. The molecule has 0 radical (unpaired) electrons. The Balaban J connectivity index is 1.36. The van der Waals surface area contributed by atoms with E-state index in [9.17, 15) is 17.6 Å². The molecule has 2 fully saturated rings. The number of carbonyl (C=O) groups is 1. The van der Waals surface area contributed by atoms with Crippen LogP contribution in [0, 0.1) is 19.7 Å². The van der Waals surface area contributed by atoms with Crippen LogP contribution in [0.2, 0.25) is 0 Å². The van der Waals surface area contributed by atoms with Gasteiger partial charge in [-0.2, -0.15) is 4.31 Å². The van der Waals surface area contributed by atoms with E-state index in [-0.39, 0.29) is 29.6 Å². The van der Waals surface area contributed by atoms with Gasteiger partial charge >= 0.3 is 0 Å². The first-order valence-corrected chi connectivity index (χ1v) is 13.9. The Labute approximate surface area is 199 Å². The third kappa shape index (κ3) is 5.12. The van der Waals surface area contributed by atoms with E-state index < -0.39 is 15.8 Å². The number of nitrogens with zero attached hydrogens (tertiary/aromatic N) is 4. The normalized spacial score (nSPS) is 18.6. The molecule has 1 aliphatic carbocycles. The van der Waals surface area contributed by atoms with Crippen LogP contribution in [0.5, 0.6) is 0 Å². The highest BCUT2D eigenvalue weighted by molar-refractivity contribution is 7.99. The fraction of sp³-hybridized carbons (Fsp3) is 0.565. The van der Waals surface area contributed by atoms with E-state index in [2.05, 4.69) is 11.5 Å². The minimum atomic E-state index is -3.92. The maximum Gasteiger partial charge on any atom is 0.246 e. The zero-order valence-electron chi connectivity index (χ0n) is 19.2. The molecule has 0 N–H and O–H groups in total. The first-order chi connectivity index (χ1) is 15.8. The molecule has 1 aromatic heterocycles. The van der Waals surface area contributed by atoms with E-state index >= 15 is 0 Å². The molecule has 33 heavy (non-hydrogen) atoms. The van der Waals surface area contributed by atoms with Crippen molar-refractivity contribution < 1.29 is 17.6 Å². The number of piperazine rings is 1. The van der Waals surface area contributed by atoms with E-state index in [0.717, 1.165) is 29.8 Å². The Kier molecular flexibility index (Phi) is 7.45. The van der Waals surface area contributed by atoms with Crippen LogP contribution in [-0.4, -0.2) is 65.0 Å². The third-order valence-electron chi connectivity index (χ3n) is 6.66. The molecule has 180 valence electrons. The van der Waals surface area contributed by atoms with Crippen LogP contribution in [0.1, 0.15) is 49.5 Å². The highest BCUT2D eigenvalue weighted by Gasteiger charge is 2.32. The van der Waals surface area contributed by atoms with Crippen molar-refractivity contribution in [3.63, 3.8) is 0 Å². The van der Waals surface area contributed by atoms with Gasteiger partial charge in [-0.25, -0.2) is 17.8 Å². The van der Waals surface area contributed by atoms with Crippen LogP contribution in [0.15, 0.2) is 34.3 Å². The SMILES string of the molecule is Cc1nc(SCC(=O)N2CCN(S(=O)(=O)c3ccccc3F)CC2)n(C2CCCCC2)c1C. The second kappa shape index (κ2) is 10.1. The molecule has 2 heterocycles. The van der Waals surface area contributed by atoms with Gasteiger partial charge < -0.3 is 9.47 Å². The van der Waals surface area contributed by atoms with Gasteiger partial charge in [-0.15, -0.1) is 0 Å². The van der Waals surface area contributed by atoms with Crippen molar-refractivity contribution in [2.75, 3.05) is 31.9 Å². The number of thioether (sulfide) groups is 1. The number of halogens is 1. The molecule has 4 rings (SSSR count). The molecule has 0 bridgehead atoms. The van der Waals surface area contributed by atoms with Gasteiger partial charge in [0.1, 0.15) is 10.7 Å². The number of imidazole rings is 1. The first-order valence-electron chi connectivity index (χ1n) is 11.5. The predicted octanol–water partition coefficient (Wildman–Crippen LogP) is 3.77. The van der Waals surface area contributed by atoms with E-state index in [0.29, 0.717) is 19.1 Å². The van der Waals surface area contributed by atoms with E-state index in [4.69, 9.17) is 4.98 Å². The molecule has 10 heteroatoms. The fourth-order valence-electron chi connectivity index (χ4n) is 4.66. The molecular formula is C23H31FN4O3S2. The second-order valence-electron chi connectivity index (χ2n) is 8.73. The van der Waals surface area contributed by atoms with Gasteiger partial charge in [0.05, 0.1) is 11.4 Å². The average molecular weight is 495 g/mol. The van der Waals surface area contributed by atoms with Gasteiger partial charge in [0.25, 0.3) is 0 Å². The lowest BCUT2D eigenvalue weighted by Crippen LogP contribution is -2.51. The highest BCUT2D eigenvalue weighted by atomic mass is 32.2. The molecule has 1 saturated heterocycles. The summed E-state index contributed by atoms with van der Waals surface area (Å²) in [5, 5.41) is 0.894. The van der Waals surface area contributed by atoms with Crippen molar-refractivity contribution in [1.82, 2.24) is 18.8 Å². The number of hydrogen-bond donors (Lipinski definition) is 0. The molecule has 2 aliphatic rings. The lowest BCUT2D eigenvalue weighted by atomic mass is 9.95. The summed E-state index contributed by atoms with van der Waals surface area (Å²) in [7, 11) is -3.92. The lowest BCUT2D eigenvalue weighted by molar-refractivity contribution is -0.129. The quantitative estimate of drug-likeness (QED) is 0.572. The average Bonchev–Trinajstić information content (AvgIpc) is 3.11. The van der Waals surface area contributed by atoms with Crippen LogP contribution in [0.25, 0.3) is 0 Å². The van der Waals surface area contributed by atoms with Gasteiger partial charge in [-0.1, -0.05) is 43.2 Å². The summed E-state index contributed by atoms with van der Waals surface area (Å²) < 4.78 is 43.2. The van der Waals surface area contributed by atoms with E-state index in [1.807, 2.05) is 6.92 Å². The minimum absolute atomic E-state index is 0.0311. The van der Waals surface area contributed by atoms with Gasteiger partial charge in [0.15, 0.2) is 5.16 Å². The van der Waals surface area contributed by atoms with Gasteiger partial charge in [0, 0.05) is 37.9 Å². The molecule has 1 aromatic carbocycles. The van der Waals surface area contributed by atoms with Crippen molar-refractivity contribution in [2.24, 2.45) is 0 Å². The van der Waals surface area contributed by atoms with Crippen LogP contribution in [-0.2, 0) is 14.8 Å². The maximum atomic E-state index is 14.0. The Morgan fingerprint density at radius 2 is 1.76 bits per heavy atom. The summed E-state index contributed by atoms with van der Waals surface area (Å²) in [6, 6.07) is 5.84. The van der Waals surface area contributed by atoms with Crippen LogP contribution < -0.4 is 0 Å². The number of aryl methyl sites for hydroxylation is 1. The summed E-state index contributed by atoms with van der Waals surface area (Å²) >= 11 is 1.46. The van der Waals surface area contributed by atoms with E-state index in [1.165, 1.54) is 59.2 Å². The molecule has 0 spiro atoms. The Morgan fingerprint density at radius 1 is 1.09 bits per heavy atom. The number of aromatic nitrogens is 2. The standard InChI is InChI=1S/C23H31FN4O3S2/c1-17-18(2)28(19-8-4-3-5-9-19)23(25-17)32-16-22(29)26-12-14-27(15-13-26)33(30,31)21-11-7-6-10-20(21)24/h6-7,10-11,19H,3-5,8-9,12-16H2,1-2H3. The number of benzene rings is 1. The first kappa shape index (κ1) is 24.2. The summed E-state index contributed by atoms with van der Waals surface area (Å²) in [4.78, 5) is 19.0. The van der Waals surface area contributed by atoms with Crippen molar-refractivity contribution in [3.05, 3.63) is 41.5 Å². The Bertz CT molecular complexity index is 1100. The molecule has 1 amide bonds. The van der Waals surface area contributed by atoms with Crippen molar-refractivity contribution >= 4 is 27.7 Å². The zero-order chi connectivity index (χ0) is 23.6. The van der Waals surface area contributed by atoms with Crippen molar-refractivity contribution in [1.29, 1.82) is 0 Å². The summed E-state index contributed by atoms with van der Waals surface area (Å²) in [5.41, 5.74) is 2.17. The fourth-order valence-corrected chi connectivity index (χ4v) is 7.20. The number of rotatable bonds is 6. The maximum absolute atomic E-state index is 14.0. The Morgan fingerprint density at radius 3 is 2.42 bits per heavy atom. The van der Waals surface area contributed by atoms with Crippen LogP contribution in [0.3, 0.4) is 0 Å². The largest absolute Gasteiger partial charge is 0.339 e. The smallest absolute Gasteiger partial charge is 0.246 e. The number of amides is 1. The van der Waals surface area contributed by atoms with Gasteiger partial charge in [-0.05, 0) is 38.8 Å². The second-order valence-corrected chi connectivity index (χ2v) is 11.6. The van der Waals surface area contributed by atoms with Gasteiger partial charge in [-0.3, -0.25) is 4.79 Å². The predicted molar refractivity (Wildman–Crippen MR) is 126 cm³/mol. The summed E-state index contributed by atoms with van der Waals surface area (Å²) in [6.45, 7) is 5.00. The van der Waals surface area contributed by atoms with Crippen molar-refractivity contribution in [3.8, 4) is 0 Å². The molecule has 7 nitrogen and oxygen atoms in total. The molecular weight excluding hydrogens is 463 g/mol. The Hall–Kier alpha value is -1.91. The third-order valence-corrected chi connectivity index (χ3v) is 9.53. The summed E-state index contributed by atoms with van der Waals surface area (Å²) in [6.07, 6.45) is 6.03. The molecule has 0 unspecified atom stereocenters. The molecule has 1 saturated carbocycles. The van der Waals surface area contributed by atoms with Gasteiger partial charge in [0.2, 0.25) is 15.9 Å². The number of carbonyl (C=O) groups excluding carboxylic acids is 1.